The minimum absolute atomic E-state index is 0.0466. The number of carbonyl (C=O) groups is 1. The summed E-state index contributed by atoms with van der Waals surface area (Å²) in [7, 11) is 0. The van der Waals surface area contributed by atoms with E-state index < -0.39 is 5.78 Å². The number of Topliss-reactive ketones (excluding diaryl/α,β-unsaturated/α-hetero) is 1. The van der Waals surface area contributed by atoms with Crippen molar-refractivity contribution >= 4 is 28.4 Å². The van der Waals surface area contributed by atoms with Gasteiger partial charge in [-0.25, -0.2) is 4.98 Å². The first-order valence-electron chi connectivity index (χ1n) is 8.12. The number of allylic oxidation sites excluding steroid dienone is 2. The van der Waals surface area contributed by atoms with Gasteiger partial charge in [-0.15, -0.1) is 0 Å². The third-order valence-electron chi connectivity index (χ3n) is 3.88. The first kappa shape index (κ1) is 18.4. The van der Waals surface area contributed by atoms with Crippen LogP contribution in [0.25, 0.3) is 16.6 Å². The molecule has 3 aromatic rings. The quantitative estimate of drug-likeness (QED) is 0.318. The SMILES string of the molecule is C/C(N)=C(\C#N)C(=O)CSc1nc2ccccc2c(=O)n1-c1ccccc1. The highest BCUT2D eigenvalue weighted by atomic mass is 32.2. The van der Waals surface area contributed by atoms with Crippen LogP contribution < -0.4 is 11.3 Å². The summed E-state index contributed by atoms with van der Waals surface area (Å²) in [5.41, 5.74) is 6.69. The summed E-state index contributed by atoms with van der Waals surface area (Å²) < 4.78 is 1.48. The molecule has 0 atom stereocenters. The fraction of sp³-hybridized carbons (Fsp3) is 0.100. The van der Waals surface area contributed by atoms with Crippen molar-refractivity contribution in [2.24, 2.45) is 5.73 Å². The van der Waals surface area contributed by atoms with E-state index in [0.717, 1.165) is 11.8 Å². The Bertz CT molecular complexity index is 1140. The van der Waals surface area contributed by atoms with Gasteiger partial charge in [0, 0.05) is 5.70 Å². The smallest absolute Gasteiger partial charge is 0.266 e. The Hall–Kier alpha value is -3.37. The molecule has 0 saturated carbocycles. The van der Waals surface area contributed by atoms with E-state index in [2.05, 4.69) is 4.98 Å². The number of ketones is 1. The maximum Gasteiger partial charge on any atom is 0.266 e. The Labute approximate surface area is 159 Å². The number of para-hydroxylation sites is 2. The summed E-state index contributed by atoms with van der Waals surface area (Å²) in [6, 6.07) is 18.0. The maximum atomic E-state index is 13.0. The van der Waals surface area contributed by atoms with Crippen LogP contribution in [0.2, 0.25) is 0 Å². The Morgan fingerprint density at radius 1 is 1.19 bits per heavy atom. The lowest BCUT2D eigenvalue weighted by atomic mass is 10.2. The van der Waals surface area contributed by atoms with Crippen molar-refractivity contribution < 1.29 is 4.79 Å². The van der Waals surface area contributed by atoms with E-state index in [1.165, 1.54) is 11.5 Å². The average molecular weight is 376 g/mol. The standard InChI is InChI=1S/C20H16N4O2S/c1-13(22)16(11-21)18(25)12-27-20-23-17-10-6-5-9-15(17)19(26)24(20)14-7-3-2-4-8-14/h2-10H,12,22H2,1H3/b16-13-. The third-order valence-corrected chi connectivity index (χ3v) is 4.82. The van der Waals surface area contributed by atoms with E-state index in [1.54, 1.807) is 36.4 Å². The van der Waals surface area contributed by atoms with Crippen molar-refractivity contribution in [2.75, 3.05) is 5.75 Å². The van der Waals surface area contributed by atoms with Gasteiger partial charge in [0.15, 0.2) is 10.9 Å². The number of nitriles is 1. The van der Waals surface area contributed by atoms with Gasteiger partial charge in [0.2, 0.25) is 0 Å². The van der Waals surface area contributed by atoms with Crippen molar-refractivity contribution in [2.45, 2.75) is 12.1 Å². The molecule has 2 N–H and O–H groups in total. The number of fused-ring (bicyclic) bond motifs is 1. The zero-order valence-corrected chi connectivity index (χ0v) is 15.4. The van der Waals surface area contributed by atoms with Crippen LogP contribution in [0.5, 0.6) is 0 Å². The van der Waals surface area contributed by atoms with E-state index in [1.807, 2.05) is 24.3 Å². The molecule has 0 radical (unpaired) electrons. The number of nitrogens with two attached hydrogens (primary N) is 1. The molecule has 6 nitrogen and oxygen atoms in total. The zero-order chi connectivity index (χ0) is 19.4. The molecule has 0 unspecified atom stereocenters. The van der Waals surface area contributed by atoms with Crippen LogP contribution in [0.15, 0.2) is 75.8 Å². The van der Waals surface area contributed by atoms with Gasteiger partial charge in [0.05, 0.1) is 22.3 Å². The lowest BCUT2D eigenvalue weighted by Gasteiger charge is -2.13. The third kappa shape index (κ3) is 3.76. The molecule has 0 aliphatic heterocycles. The molecule has 27 heavy (non-hydrogen) atoms. The van der Waals surface area contributed by atoms with Crippen molar-refractivity contribution in [3.8, 4) is 11.8 Å². The number of rotatable bonds is 5. The zero-order valence-electron chi connectivity index (χ0n) is 14.5. The molecule has 3 rings (SSSR count). The summed E-state index contributed by atoms with van der Waals surface area (Å²) in [6.07, 6.45) is 0. The lowest BCUT2D eigenvalue weighted by molar-refractivity contribution is -0.112. The predicted octanol–water partition coefficient (Wildman–Crippen LogP) is 2.80. The first-order chi connectivity index (χ1) is 13.0. The Morgan fingerprint density at radius 2 is 1.85 bits per heavy atom. The summed E-state index contributed by atoms with van der Waals surface area (Å²) in [5, 5.41) is 9.97. The lowest BCUT2D eigenvalue weighted by Crippen LogP contribution is -2.22. The minimum Gasteiger partial charge on any atom is -0.401 e. The largest absolute Gasteiger partial charge is 0.401 e. The van der Waals surface area contributed by atoms with E-state index in [-0.39, 0.29) is 22.6 Å². The normalized spacial score (nSPS) is 11.7. The van der Waals surface area contributed by atoms with Crippen LogP contribution in [0.3, 0.4) is 0 Å². The van der Waals surface area contributed by atoms with E-state index in [0.29, 0.717) is 21.7 Å². The molecule has 1 aromatic heterocycles. The molecule has 134 valence electrons. The van der Waals surface area contributed by atoms with Crippen molar-refractivity contribution in [1.82, 2.24) is 9.55 Å². The summed E-state index contributed by atoms with van der Waals surface area (Å²) in [5.74, 6) is -0.445. The van der Waals surface area contributed by atoms with Gasteiger partial charge in [0.25, 0.3) is 5.56 Å². The van der Waals surface area contributed by atoms with Crippen molar-refractivity contribution in [1.29, 1.82) is 5.26 Å². The number of nitrogens with zero attached hydrogens (tertiary/aromatic N) is 3. The predicted molar refractivity (Wildman–Crippen MR) is 106 cm³/mol. The summed E-state index contributed by atoms with van der Waals surface area (Å²) in [4.78, 5) is 29.9. The maximum absolute atomic E-state index is 13.0. The second-order valence-electron chi connectivity index (χ2n) is 5.77. The Balaban J connectivity index is 2.09. The van der Waals surface area contributed by atoms with Crippen LogP contribution in [-0.2, 0) is 4.79 Å². The van der Waals surface area contributed by atoms with Gasteiger partial charge in [-0.05, 0) is 31.2 Å². The van der Waals surface area contributed by atoms with Crippen LogP contribution in [0, 0.1) is 11.3 Å². The highest BCUT2D eigenvalue weighted by Gasteiger charge is 2.17. The number of thioether (sulfide) groups is 1. The number of hydrogen-bond acceptors (Lipinski definition) is 6. The van der Waals surface area contributed by atoms with Gasteiger partial charge < -0.3 is 5.73 Å². The molecular weight excluding hydrogens is 360 g/mol. The molecule has 0 spiro atoms. The molecule has 7 heteroatoms. The fourth-order valence-corrected chi connectivity index (χ4v) is 3.47. The number of hydrogen-bond donors (Lipinski definition) is 1. The molecular formula is C20H16N4O2S. The topological polar surface area (TPSA) is 102 Å². The number of aromatic nitrogens is 2. The Kier molecular flexibility index (Phi) is 5.38. The molecule has 0 saturated heterocycles. The summed E-state index contributed by atoms with van der Waals surface area (Å²) >= 11 is 1.10. The van der Waals surface area contributed by atoms with E-state index >= 15 is 0 Å². The minimum atomic E-state index is -0.399. The first-order valence-corrected chi connectivity index (χ1v) is 9.11. The van der Waals surface area contributed by atoms with E-state index in [4.69, 9.17) is 11.0 Å². The highest BCUT2D eigenvalue weighted by molar-refractivity contribution is 7.99. The average Bonchev–Trinajstić information content (AvgIpc) is 2.67. The summed E-state index contributed by atoms with van der Waals surface area (Å²) in [6.45, 7) is 1.51. The monoisotopic (exact) mass is 376 g/mol. The molecule has 0 bridgehead atoms. The van der Waals surface area contributed by atoms with Crippen LogP contribution in [-0.4, -0.2) is 21.1 Å². The van der Waals surface area contributed by atoms with Crippen molar-refractivity contribution in [3.05, 3.63) is 76.2 Å². The second kappa shape index (κ2) is 7.89. The Morgan fingerprint density at radius 3 is 2.52 bits per heavy atom. The molecule has 0 aliphatic carbocycles. The number of carbonyl (C=O) groups excluding carboxylic acids is 1. The molecule has 1 heterocycles. The van der Waals surface area contributed by atoms with Gasteiger partial charge >= 0.3 is 0 Å². The number of benzene rings is 2. The van der Waals surface area contributed by atoms with Gasteiger partial charge in [0.1, 0.15) is 11.6 Å². The fourth-order valence-electron chi connectivity index (χ4n) is 2.59. The van der Waals surface area contributed by atoms with Gasteiger partial charge in [-0.2, -0.15) is 5.26 Å². The van der Waals surface area contributed by atoms with Crippen LogP contribution >= 0.6 is 11.8 Å². The van der Waals surface area contributed by atoms with E-state index in [9.17, 15) is 9.59 Å². The van der Waals surface area contributed by atoms with Crippen LogP contribution in [0.4, 0.5) is 0 Å². The van der Waals surface area contributed by atoms with Gasteiger partial charge in [-0.1, -0.05) is 42.1 Å². The van der Waals surface area contributed by atoms with Gasteiger partial charge in [-0.3, -0.25) is 14.2 Å². The highest BCUT2D eigenvalue weighted by Crippen LogP contribution is 2.22. The molecule has 0 aliphatic rings. The second-order valence-corrected chi connectivity index (χ2v) is 6.71. The van der Waals surface area contributed by atoms with Crippen molar-refractivity contribution in [3.63, 3.8) is 0 Å². The molecule has 2 aromatic carbocycles. The molecule has 0 amide bonds. The van der Waals surface area contributed by atoms with Crippen LogP contribution in [0.1, 0.15) is 6.92 Å². The molecule has 0 fully saturated rings.